The third kappa shape index (κ3) is 6.00. The first-order chi connectivity index (χ1) is 18.9. The molecule has 0 aliphatic carbocycles. The summed E-state index contributed by atoms with van der Waals surface area (Å²) >= 11 is 0. The van der Waals surface area contributed by atoms with Crippen molar-refractivity contribution in [2.24, 2.45) is 0 Å². The van der Waals surface area contributed by atoms with Gasteiger partial charge in [-0.3, -0.25) is 0 Å². The Morgan fingerprint density at radius 2 is 1.25 bits per heavy atom. The van der Waals surface area contributed by atoms with Crippen molar-refractivity contribution in [3.8, 4) is 28.7 Å². The van der Waals surface area contributed by atoms with Crippen LogP contribution in [0.5, 0.6) is 28.7 Å². The molecule has 208 valence electrons. The van der Waals surface area contributed by atoms with Gasteiger partial charge in [-0.2, -0.15) is 0 Å². The first kappa shape index (κ1) is 28.8. The Kier molecular flexibility index (Phi) is 8.26. The van der Waals surface area contributed by atoms with Gasteiger partial charge in [0.2, 0.25) is 9.84 Å². The third-order valence-electron chi connectivity index (χ3n) is 6.79. The van der Waals surface area contributed by atoms with Crippen LogP contribution in [-0.4, -0.2) is 27.7 Å². The van der Waals surface area contributed by atoms with Crippen LogP contribution in [0.15, 0.2) is 100 Å². The van der Waals surface area contributed by atoms with Gasteiger partial charge in [0.25, 0.3) is 0 Å². The van der Waals surface area contributed by atoms with Crippen LogP contribution in [0.2, 0.25) is 0 Å². The fourth-order valence-electron chi connectivity index (χ4n) is 4.40. The summed E-state index contributed by atoms with van der Waals surface area (Å²) in [6.07, 6.45) is 1.99. The van der Waals surface area contributed by atoms with E-state index in [9.17, 15) is 13.5 Å². The number of phenols is 1. The van der Waals surface area contributed by atoms with Crippen molar-refractivity contribution in [2.45, 2.75) is 42.9 Å². The van der Waals surface area contributed by atoms with Gasteiger partial charge in [0, 0.05) is 5.41 Å². The molecule has 0 radical (unpaired) electrons. The summed E-state index contributed by atoms with van der Waals surface area (Å²) in [5, 5.41) is 9.99. The van der Waals surface area contributed by atoms with Crippen LogP contribution in [0.3, 0.4) is 0 Å². The lowest BCUT2D eigenvalue weighted by atomic mass is 9.78. The van der Waals surface area contributed by atoms with E-state index in [-0.39, 0.29) is 15.5 Å². The highest BCUT2D eigenvalue weighted by Gasteiger charge is 2.26. The van der Waals surface area contributed by atoms with Crippen LogP contribution in [0.25, 0.3) is 6.08 Å². The predicted molar refractivity (Wildman–Crippen MR) is 158 cm³/mol. The summed E-state index contributed by atoms with van der Waals surface area (Å²) < 4.78 is 43.3. The molecule has 7 heteroatoms. The maximum atomic E-state index is 13.1. The first-order valence-corrected chi connectivity index (χ1v) is 14.3. The molecule has 0 heterocycles. The Balaban J connectivity index is 1.56. The molecule has 1 N–H and O–H groups in total. The summed E-state index contributed by atoms with van der Waals surface area (Å²) in [6.45, 7) is 8.13. The van der Waals surface area contributed by atoms with Crippen molar-refractivity contribution in [3.05, 3.63) is 107 Å². The zero-order chi connectivity index (χ0) is 29.1. The maximum absolute atomic E-state index is 13.1. The van der Waals surface area contributed by atoms with Gasteiger partial charge in [0.15, 0.2) is 23.0 Å². The highest BCUT2D eigenvalue weighted by molar-refractivity contribution is 7.91. The van der Waals surface area contributed by atoms with Crippen molar-refractivity contribution in [2.75, 3.05) is 14.2 Å². The Hall–Kier alpha value is -4.23. The fraction of sp³-hybridized carbons (Fsp3) is 0.212. The van der Waals surface area contributed by atoms with Gasteiger partial charge in [-0.1, -0.05) is 49.8 Å². The molecule has 0 atom stereocenters. The Morgan fingerprint density at radius 1 is 0.725 bits per heavy atom. The van der Waals surface area contributed by atoms with Crippen LogP contribution >= 0.6 is 0 Å². The minimum Gasteiger partial charge on any atom is -0.504 e. The fourth-order valence-corrected chi connectivity index (χ4v) is 5.66. The number of rotatable bonds is 9. The van der Waals surface area contributed by atoms with Gasteiger partial charge in [-0.15, -0.1) is 0 Å². The number of sulfone groups is 1. The van der Waals surface area contributed by atoms with E-state index in [1.54, 1.807) is 49.6 Å². The molecule has 4 aromatic carbocycles. The molecule has 6 nitrogen and oxygen atoms in total. The highest BCUT2D eigenvalue weighted by atomic mass is 32.2. The lowest BCUT2D eigenvalue weighted by Crippen LogP contribution is -2.19. The number of allylic oxidation sites excluding steroid dienone is 1. The molecule has 40 heavy (non-hydrogen) atoms. The summed E-state index contributed by atoms with van der Waals surface area (Å²) in [5.41, 5.74) is 3.60. The van der Waals surface area contributed by atoms with Crippen molar-refractivity contribution in [3.63, 3.8) is 0 Å². The third-order valence-corrected chi connectivity index (χ3v) is 8.58. The van der Waals surface area contributed by atoms with Gasteiger partial charge in [-0.05, 0) is 91.2 Å². The van der Waals surface area contributed by atoms with E-state index in [2.05, 4.69) is 13.8 Å². The second-order valence-corrected chi connectivity index (χ2v) is 12.2. The number of aromatic hydroxyl groups is 1. The molecule has 0 saturated heterocycles. The highest BCUT2D eigenvalue weighted by Crippen LogP contribution is 2.41. The minimum absolute atomic E-state index is 0.0829. The van der Waals surface area contributed by atoms with Gasteiger partial charge in [0.05, 0.1) is 24.0 Å². The van der Waals surface area contributed by atoms with Crippen LogP contribution in [0.1, 0.15) is 44.4 Å². The lowest BCUT2D eigenvalue weighted by molar-refractivity contribution is 0.371. The Morgan fingerprint density at radius 3 is 1.80 bits per heavy atom. The van der Waals surface area contributed by atoms with E-state index in [1.807, 2.05) is 50.3 Å². The van der Waals surface area contributed by atoms with E-state index in [0.717, 1.165) is 22.3 Å². The zero-order valence-electron chi connectivity index (χ0n) is 23.6. The van der Waals surface area contributed by atoms with Crippen molar-refractivity contribution < 1.29 is 27.7 Å². The molecule has 0 fully saturated rings. The van der Waals surface area contributed by atoms with Crippen LogP contribution in [0.4, 0.5) is 0 Å². The molecule has 0 aliphatic rings. The number of phenolic OH excluding ortho intramolecular Hbond substituents is 1. The number of hydrogen-bond donors (Lipinski definition) is 1. The molecule has 0 aliphatic heterocycles. The number of methoxy groups -OCH3 is 2. The molecule has 0 amide bonds. The molecule has 4 aromatic rings. The molecular weight excluding hydrogens is 524 g/mol. The zero-order valence-corrected chi connectivity index (χ0v) is 24.4. The Labute approximate surface area is 236 Å². The van der Waals surface area contributed by atoms with Crippen molar-refractivity contribution in [1.29, 1.82) is 0 Å². The second-order valence-electron chi connectivity index (χ2n) is 10.2. The van der Waals surface area contributed by atoms with E-state index in [0.29, 0.717) is 23.0 Å². The molecule has 0 unspecified atom stereocenters. The van der Waals surface area contributed by atoms with E-state index in [1.165, 1.54) is 19.2 Å². The van der Waals surface area contributed by atoms with E-state index in [4.69, 9.17) is 14.2 Å². The Bertz CT molecular complexity index is 1630. The minimum atomic E-state index is -3.67. The normalized spacial score (nSPS) is 11.6. The second kappa shape index (κ2) is 11.5. The predicted octanol–water partition coefficient (Wildman–Crippen LogP) is 7.78. The SMILES string of the molecule is COc1cc(C(C)(C)c2ccc(Oc3ccc(S(=O)(=O)c4ccc(C=C(C)C)cc4)cc3)c(OC)c2)ccc1O. The van der Waals surface area contributed by atoms with Gasteiger partial charge in [-0.25, -0.2) is 8.42 Å². The monoisotopic (exact) mass is 558 g/mol. The standard InChI is InChI=1S/C33H34O6S/c1-22(2)19-23-7-13-27(14-8-23)40(35,36)28-15-11-26(12-16-28)39-30-18-10-25(21-32(30)38-6)33(3,4)24-9-17-29(34)31(20-24)37-5/h7-21,34H,1-6H3. The molecule has 0 spiro atoms. The number of ether oxygens (including phenoxy) is 3. The van der Waals surface area contributed by atoms with Crippen LogP contribution in [0, 0.1) is 0 Å². The first-order valence-electron chi connectivity index (χ1n) is 12.8. The van der Waals surface area contributed by atoms with Crippen LogP contribution in [-0.2, 0) is 15.3 Å². The number of benzene rings is 4. The smallest absolute Gasteiger partial charge is 0.206 e. The van der Waals surface area contributed by atoms with Gasteiger partial charge >= 0.3 is 0 Å². The molecular formula is C33H34O6S. The average Bonchev–Trinajstić information content (AvgIpc) is 2.93. The molecule has 0 bridgehead atoms. The molecule has 0 saturated carbocycles. The largest absolute Gasteiger partial charge is 0.504 e. The van der Waals surface area contributed by atoms with Crippen LogP contribution < -0.4 is 14.2 Å². The lowest BCUT2D eigenvalue weighted by Gasteiger charge is -2.27. The summed E-state index contributed by atoms with van der Waals surface area (Å²) in [7, 11) is -0.578. The van der Waals surface area contributed by atoms with E-state index < -0.39 is 15.3 Å². The summed E-state index contributed by atoms with van der Waals surface area (Å²) in [6, 6.07) is 24.2. The average molecular weight is 559 g/mol. The van der Waals surface area contributed by atoms with Crippen molar-refractivity contribution >= 4 is 15.9 Å². The van der Waals surface area contributed by atoms with Crippen molar-refractivity contribution in [1.82, 2.24) is 0 Å². The van der Waals surface area contributed by atoms with Gasteiger partial charge in [0.1, 0.15) is 5.75 Å². The quantitative estimate of drug-likeness (QED) is 0.226. The summed E-state index contributed by atoms with van der Waals surface area (Å²) in [5.74, 6) is 2.00. The summed E-state index contributed by atoms with van der Waals surface area (Å²) in [4.78, 5) is 0.418. The van der Waals surface area contributed by atoms with E-state index >= 15 is 0 Å². The van der Waals surface area contributed by atoms with Gasteiger partial charge < -0.3 is 19.3 Å². The molecule has 0 aromatic heterocycles. The topological polar surface area (TPSA) is 82.1 Å². The number of hydrogen-bond acceptors (Lipinski definition) is 6. The molecule has 4 rings (SSSR count). The maximum Gasteiger partial charge on any atom is 0.206 e.